The van der Waals surface area contributed by atoms with Crippen LogP contribution in [0.4, 0.5) is 10.8 Å². The fraction of sp³-hybridized carbons (Fsp3) is 0.167. The van der Waals surface area contributed by atoms with E-state index in [0.29, 0.717) is 11.5 Å². The lowest BCUT2D eigenvalue weighted by molar-refractivity contribution is -0.384. The lowest BCUT2D eigenvalue weighted by Crippen LogP contribution is -2.29. The lowest BCUT2D eigenvalue weighted by Gasteiger charge is -2.22. The van der Waals surface area contributed by atoms with Gasteiger partial charge in [-0.2, -0.15) is 5.10 Å². The Hall–Kier alpha value is -3.98. The standard InChI is InChI=1S/C24H18N4O4S/c1-14-10-16-11-20-21(32-13-31-20)12-18(16)23(15-6-8-17(9-7-15)28(29)30)26-27(14)24-25-19-4-2-3-5-22(19)33-24/h2-9,11-12,14H,10,13H2,1H3/t14-/m1/s1. The summed E-state index contributed by atoms with van der Waals surface area (Å²) in [7, 11) is 0. The smallest absolute Gasteiger partial charge is 0.269 e. The molecule has 9 heteroatoms. The Labute approximate surface area is 192 Å². The van der Waals surface area contributed by atoms with E-state index in [1.54, 1.807) is 23.5 Å². The first kappa shape index (κ1) is 19.7. The van der Waals surface area contributed by atoms with Crippen molar-refractivity contribution in [3.05, 3.63) is 87.5 Å². The summed E-state index contributed by atoms with van der Waals surface area (Å²) < 4.78 is 12.3. The molecule has 3 heterocycles. The molecule has 2 aliphatic heterocycles. The third kappa shape index (κ3) is 3.37. The van der Waals surface area contributed by atoms with Crippen molar-refractivity contribution in [2.24, 2.45) is 5.10 Å². The molecule has 0 bridgehead atoms. The Morgan fingerprint density at radius 1 is 1.09 bits per heavy atom. The minimum Gasteiger partial charge on any atom is -0.454 e. The van der Waals surface area contributed by atoms with E-state index >= 15 is 0 Å². The fourth-order valence-electron chi connectivity index (χ4n) is 4.18. The summed E-state index contributed by atoms with van der Waals surface area (Å²) >= 11 is 1.59. The van der Waals surface area contributed by atoms with Crippen molar-refractivity contribution < 1.29 is 14.4 Å². The zero-order chi connectivity index (χ0) is 22.5. The Bertz CT molecular complexity index is 1400. The van der Waals surface area contributed by atoms with Crippen LogP contribution >= 0.6 is 11.3 Å². The number of hydrazone groups is 1. The van der Waals surface area contributed by atoms with Gasteiger partial charge in [-0.05, 0) is 55.3 Å². The molecule has 2 aliphatic rings. The van der Waals surface area contributed by atoms with Crippen molar-refractivity contribution in [1.29, 1.82) is 0 Å². The van der Waals surface area contributed by atoms with Crippen LogP contribution in [0.5, 0.6) is 11.5 Å². The summed E-state index contributed by atoms with van der Waals surface area (Å²) in [6.45, 7) is 2.30. The highest BCUT2D eigenvalue weighted by Gasteiger charge is 2.29. The monoisotopic (exact) mass is 458 g/mol. The molecule has 0 radical (unpaired) electrons. The van der Waals surface area contributed by atoms with Gasteiger partial charge in [-0.15, -0.1) is 0 Å². The molecule has 0 aliphatic carbocycles. The SMILES string of the molecule is C[C@@H]1Cc2cc3c(cc2C(c2ccc([N+](=O)[O-])cc2)=NN1c1nc2ccccc2s1)OCO3. The van der Waals surface area contributed by atoms with Gasteiger partial charge >= 0.3 is 0 Å². The number of nitro benzene ring substituents is 1. The quantitative estimate of drug-likeness (QED) is 0.312. The van der Waals surface area contributed by atoms with Gasteiger partial charge in [-0.1, -0.05) is 23.5 Å². The predicted octanol–water partition coefficient (Wildman–Crippen LogP) is 5.14. The maximum Gasteiger partial charge on any atom is 0.269 e. The van der Waals surface area contributed by atoms with Crippen LogP contribution in [0.25, 0.3) is 10.2 Å². The number of benzene rings is 3. The molecule has 8 nitrogen and oxygen atoms in total. The van der Waals surface area contributed by atoms with Crippen molar-refractivity contribution in [2.45, 2.75) is 19.4 Å². The van der Waals surface area contributed by atoms with Gasteiger partial charge in [0.15, 0.2) is 11.5 Å². The van der Waals surface area contributed by atoms with Crippen LogP contribution < -0.4 is 14.5 Å². The van der Waals surface area contributed by atoms with Crippen LogP contribution in [0, 0.1) is 10.1 Å². The number of aromatic nitrogens is 1. The van der Waals surface area contributed by atoms with Gasteiger partial charge in [0.1, 0.15) is 0 Å². The topological polar surface area (TPSA) is 90.1 Å². The van der Waals surface area contributed by atoms with Gasteiger partial charge in [0.25, 0.3) is 5.69 Å². The Morgan fingerprint density at radius 2 is 1.85 bits per heavy atom. The molecule has 3 aromatic carbocycles. The maximum atomic E-state index is 11.2. The van der Waals surface area contributed by atoms with E-state index in [1.165, 1.54) is 12.1 Å². The van der Waals surface area contributed by atoms with Gasteiger partial charge in [0, 0.05) is 23.3 Å². The van der Waals surface area contributed by atoms with Crippen LogP contribution in [0.3, 0.4) is 0 Å². The second-order valence-electron chi connectivity index (χ2n) is 7.98. The number of non-ortho nitro benzene ring substituents is 1. The van der Waals surface area contributed by atoms with E-state index in [9.17, 15) is 10.1 Å². The van der Waals surface area contributed by atoms with Crippen LogP contribution in [0.15, 0.2) is 65.8 Å². The number of ether oxygens (including phenoxy) is 2. The summed E-state index contributed by atoms with van der Waals surface area (Å²) in [6.07, 6.45) is 0.724. The highest BCUT2D eigenvalue weighted by Crippen LogP contribution is 2.39. The summed E-state index contributed by atoms with van der Waals surface area (Å²) in [5, 5.41) is 19.0. The lowest BCUT2D eigenvalue weighted by atomic mass is 9.94. The van der Waals surface area contributed by atoms with Crippen molar-refractivity contribution >= 4 is 38.1 Å². The molecule has 4 aromatic rings. The molecule has 0 spiro atoms. The van der Waals surface area contributed by atoms with E-state index in [0.717, 1.165) is 44.2 Å². The largest absolute Gasteiger partial charge is 0.454 e. The number of nitrogens with zero attached hydrogens (tertiary/aromatic N) is 4. The van der Waals surface area contributed by atoms with Gasteiger partial charge in [-0.3, -0.25) is 10.1 Å². The molecular formula is C24H18N4O4S. The second kappa shape index (κ2) is 7.56. The molecule has 0 unspecified atom stereocenters. The summed E-state index contributed by atoms with van der Waals surface area (Å²) in [5.41, 5.74) is 4.45. The molecule has 164 valence electrons. The van der Waals surface area contributed by atoms with Gasteiger partial charge in [-0.25, -0.2) is 9.99 Å². The van der Waals surface area contributed by atoms with Crippen LogP contribution in [0.1, 0.15) is 23.6 Å². The predicted molar refractivity (Wildman–Crippen MR) is 127 cm³/mol. The number of para-hydroxylation sites is 1. The zero-order valence-electron chi connectivity index (χ0n) is 17.6. The number of hydrogen-bond acceptors (Lipinski definition) is 8. The molecule has 1 atom stereocenters. The van der Waals surface area contributed by atoms with E-state index in [-0.39, 0.29) is 18.5 Å². The van der Waals surface area contributed by atoms with E-state index in [4.69, 9.17) is 19.6 Å². The molecule has 0 saturated heterocycles. The summed E-state index contributed by atoms with van der Waals surface area (Å²) in [4.78, 5) is 15.6. The molecule has 0 fully saturated rings. The number of rotatable bonds is 3. The van der Waals surface area contributed by atoms with Crippen molar-refractivity contribution in [3.8, 4) is 11.5 Å². The first-order valence-electron chi connectivity index (χ1n) is 10.5. The van der Waals surface area contributed by atoms with Crippen molar-refractivity contribution in [1.82, 2.24) is 4.98 Å². The van der Waals surface area contributed by atoms with Crippen molar-refractivity contribution in [2.75, 3.05) is 11.8 Å². The highest BCUT2D eigenvalue weighted by atomic mass is 32.1. The third-order valence-electron chi connectivity index (χ3n) is 5.82. The van der Waals surface area contributed by atoms with Gasteiger partial charge in [0.2, 0.25) is 11.9 Å². The zero-order valence-corrected chi connectivity index (χ0v) is 18.4. The third-order valence-corrected chi connectivity index (χ3v) is 6.85. The molecule has 0 N–H and O–H groups in total. The Kier molecular flexibility index (Phi) is 4.51. The van der Waals surface area contributed by atoms with Crippen LogP contribution in [-0.4, -0.2) is 28.5 Å². The van der Waals surface area contributed by atoms with Crippen LogP contribution in [-0.2, 0) is 6.42 Å². The van der Waals surface area contributed by atoms with Gasteiger partial charge in [0.05, 0.1) is 26.9 Å². The normalized spacial score (nSPS) is 16.9. The molecule has 6 rings (SSSR count). The number of thiazole rings is 1. The molecule has 33 heavy (non-hydrogen) atoms. The second-order valence-corrected chi connectivity index (χ2v) is 8.99. The van der Waals surface area contributed by atoms with Gasteiger partial charge < -0.3 is 9.47 Å². The maximum absolute atomic E-state index is 11.2. The molecule has 1 aromatic heterocycles. The number of fused-ring (bicyclic) bond motifs is 3. The average molecular weight is 458 g/mol. The molecule has 0 saturated carbocycles. The first-order valence-corrected chi connectivity index (χ1v) is 11.3. The first-order chi connectivity index (χ1) is 16.1. The van der Waals surface area contributed by atoms with Crippen molar-refractivity contribution in [3.63, 3.8) is 0 Å². The van der Waals surface area contributed by atoms with E-state index in [1.807, 2.05) is 41.4 Å². The van der Waals surface area contributed by atoms with E-state index < -0.39 is 4.92 Å². The molecule has 0 amide bonds. The minimum atomic E-state index is -0.403. The minimum absolute atomic E-state index is 0.0280. The average Bonchev–Trinajstić information content (AvgIpc) is 3.42. The summed E-state index contributed by atoms with van der Waals surface area (Å²) in [6, 6.07) is 18.5. The summed E-state index contributed by atoms with van der Waals surface area (Å²) in [5.74, 6) is 1.39. The Balaban J connectivity index is 1.53. The number of hydrogen-bond donors (Lipinski definition) is 0. The highest BCUT2D eigenvalue weighted by molar-refractivity contribution is 7.22. The number of nitro groups is 1. The number of anilines is 1. The fourth-order valence-corrected chi connectivity index (χ4v) is 5.20. The van der Waals surface area contributed by atoms with E-state index in [2.05, 4.69) is 6.92 Å². The molecular weight excluding hydrogens is 440 g/mol. The Morgan fingerprint density at radius 3 is 2.61 bits per heavy atom. The van der Waals surface area contributed by atoms with Crippen LogP contribution in [0.2, 0.25) is 0 Å².